The van der Waals surface area contributed by atoms with Crippen molar-refractivity contribution in [2.75, 3.05) is 0 Å². The molecule has 0 nitrogen and oxygen atoms in total. The van der Waals surface area contributed by atoms with E-state index in [9.17, 15) is 0 Å². The quantitative estimate of drug-likeness (QED) is 0.515. The average Bonchev–Trinajstić information content (AvgIpc) is 2.67. The summed E-state index contributed by atoms with van der Waals surface area (Å²) in [4.78, 5) is 0. The minimum absolute atomic E-state index is 0.768. The molecule has 0 saturated heterocycles. The third kappa shape index (κ3) is 0.625. The topological polar surface area (TPSA) is 0 Å². The molecule has 3 rings (SSSR count). The highest BCUT2D eigenvalue weighted by atomic mass is 14.7. The molecule has 6 atom stereocenters. The van der Waals surface area contributed by atoms with Gasteiger partial charge in [0.15, 0.2) is 0 Å². The molecule has 0 aromatic rings. The molecule has 12 heavy (non-hydrogen) atoms. The van der Waals surface area contributed by atoms with E-state index in [1.54, 1.807) is 12.8 Å². The Morgan fingerprint density at radius 1 is 1.00 bits per heavy atom. The Hall–Kier alpha value is 0. The largest absolute Gasteiger partial charge is 0.0622 e. The lowest BCUT2D eigenvalue weighted by Crippen LogP contribution is -2.27. The zero-order valence-corrected chi connectivity index (χ0v) is 8.51. The van der Waals surface area contributed by atoms with Crippen LogP contribution in [0.25, 0.3) is 0 Å². The van der Waals surface area contributed by atoms with Crippen molar-refractivity contribution in [2.45, 2.75) is 40.0 Å². The smallest absolute Gasteiger partial charge is 0.0238 e. The van der Waals surface area contributed by atoms with Gasteiger partial charge in [0.25, 0.3) is 0 Å². The molecular weight excluding hydrogens is 144 g/mol. The average molecular weight is 164 g/mol. The van der Waals surface area contributed by atoms with Crippen molar-refractivity contribution in [1.82, 2.24) is 0 Å². The molecule has 0 amide bonds. The monoisotopic (exact) mass is 164 g/mol. The molecule has 3 aliphatic carbocycles. The van der Waals surface area contributed by atoms with Gasteiger partial charge in [0.2, 0.25) is 0 Å². The molecule has 0 aromatic heterocycles. The summed E-state index contributed by atoms with van der Waals surface area (Å²) in [7, 11) is 0. The summed E-state index contributed by atoms with van der Waals surface area (Å²) in [5, 5.41) is 0. The first-order valence-corrected chi connectivity index (χ1v) is 5.64. The van der Waals surface area contributed by atoms with E-state index in [2.05, 4.69) is 20.8 Å². The van der Waals surface area contributed by atoms with Crippen molar-refractivity contribution >= 4 is 0 Å². The molecule has 0 aromatic carbocycles. The molecule has 3 aliphatic rings. The fourth-order valence-electron chi connectivity index (χ4n) is 4.68. The van der Waals surface area contributed by atoms with Crippen molar-refractivity contribution in [1.29, 1.82) is 0 Å². The Bertz CT molecular complexity index is 220. The first kappa shape index (κ1) is 7.41. The SMILES string of the molecule is CC1CC(C)C2(C)C1CC1CC12. The van der Waals surface area contributed by atoms with Crippen LogP contribution in [0.1, 0.15) is 40.0 Å². The van der Waals surface area contributed by atoms with Gasteiger partial charge in [-0.15, -0.1) is 0 Å². The van der Waals surface area contributed by atoms with Crippen LogP contribution < -0.4 is 0 Å². The molecule has 0 heteroatoms. The van der Waals surface area contributed by atoms with Gasteiger partial charge in [0, 0.05) is 0 Å². The molecule has 0 radical (unpaired) electrons. The fourth-order valence-corrected chi connectivity index (χ4v) is 4.68. The third-order valence-electron chi connectivity index (χ3n) is 5.55. The van der Waals surface area contributed by atoms with E-state index >= 15 is 0 Å². The Morgan fingerprint density at radius 2 is 1.67 bits per heavy atom. The minimum Gasteiger partial charge on any atom is -0.0622 e. The maximum atomic E-state index is 2.59. The van der Waals surface area contributed by atoms with Gasteiger partial charge in [0.05, 0.1) is 0 Å². The van der Waals surface area contributed by atoms with Crippen molar-refractivity contribution < 1.29 is 0 Å². The van der Waals surface area contributed by atoms with Gasteiger partial charge >= 0.3 is 0 Å². The number of fused-ring (bicyclic) bond motifs is 3. The zero-order chi connectivity index (χ0) is 8.51. The van der Waals surface area contributed by atoms with Crippen LogP contribution in [-0.4, -0.2) is 0 Å². The second-order valence-electron chi connectivity index (χ2n) is 5.92. The van der Waals surface area contributed by atoms with Gasteiger partial charge in [0.1, 0.15) is 0 Å². The predicted octanol–water partition coefficient (Wildman–Crippen LogP) is 3.32. The van der Waals surface area contributed by atoms with E-state index in [4.69, 9.17) is 0 Å². The highest BCUT2D eigenvalue weighted by Crippen LogP contribution is 2.72. The van der Waals surface area contributed by atoms with Crippen LogP contribution >= 0.6 is 0 Å². The molecule has 0 aliphatic heterocycles. The lowest BCUT2D eigenvalue weighted by atomic mass is 9.72. The molecule has 0 heterocycles. The molecule has 6 unspecified atom stereocenters. The van der Waals surface area contributed by atoms with Crippen molar-refractivity contribution in [3.05, 3.63) is 0 Å². The summed E-state index contributed by atoms with van der Waals surface area (Å²) in [5.41, 5.74) is 0.768. The van der Waals surface area contributed by atoms with Gasteiger partial charge in [-0.3, -0.25) is 0 Å². The first-order chi connectivity index (χ1) is 5.64. The number of hydrogen-bond donors (Lipinski definition) is 0. The second-order valence-corrected chi connectivity index (χ2v) is 5.92. The molecule has 0 bridgehead atoms. The number of hydrogen-bond acceptors (Lipinski definition) is 0. The van der Waals surface area contributed by atoms with Crippen LogP contribution in [0.3, 0.4) is 0 Å². The van der Waals surface area contributed by atoms with E-state index in [-0.39, 0.29) is 0 Å². The Labute approximate surface area is 75.7 Å². The summed E-state index contributed by atoms with van der Waals surface area (Å²) in [6.07, 6.45) is 4.65. The second kappa shape index (κ2) is 1.91. The standard InChI is InChI=1S/C12H20/c1-7-4-8(2)12(3)10(7)5-9-6-11(9)12/h7-11H,4-6H2,1-3H3. The van der Waals surface area contributed by atoms with E-state index in [1.165, 1.54) is 6.42 Å². The van der Waals surface area contributed by atoms with E-state index in [0.29, 0.717) is 0 Å². The van der Waals surface area contributed by atoms with Crippen LogP contribution in [0.4, 0.5) is 0 Å². The fraction of sp³-hybridized carbons (Fsp3) is 1.00. The summed E-state index contributed by atoms with van der Waals surface area (Å²) >= 11 is 0. The van der Waals surface area contributed by atoms with E-state index in [1.807, 2.05) is 0 Å². The van der Waals surface area contributed by atoms with Gasteiger partial charge in [-0.1, -0.05) is 20.8 Å². The number of rotatable bonds is 0. The highest BCUT2D eigenvalue weighted by molar-refractivity contribution is 5.14. The van der Waals surface area contributed by atoms with Gasteiger partial charge < -0.3 is 0 Å². The molecule has 68 valence electrons. The first-order valence-electron chi connectivity index (χ1n) is 5.64. The summed E-state index contributed by atoms with van der Waals surface area (Å²) in [6, 6.07) is 0. The third-order valence-corrected chi connectivity index (χ3v) is 5.55. The summed E-state index contributed by atoms with van der Waals surface area (Å²) in [5.74, 6) is 5.43. The minimum atomic E-state index is 0.768. The van der Waals surface area contributed by atoms with Crippen LogP contribution in [-0.2, 0) is 0 Å². The normalized spacial score (nSPS) is 67.8. The maximum absolute atomic E-state index is 2.59. The molecule has 0 N–H and O–H groups in total. The summed E-state index contributed by atoms with van der Waals surface area (Å²) < 4.78 is 0. The summed E-state index contributed by atoms with van der Waals surface area (Å²) in [6.45, 7) is 7.57. The van der Waals surface area contributed by atoms with E-state index < -0.39 is 0 Å². The van der Waals surface area contributed by atoms with Gasteiger partial charge in [-0.25, -0.2) is 0 Å². The zero-order valence-electron chi connectivity index (χ0n) is 8.51. The lowest BCUT2D eigenvalue weighted by Gasteiger charge is -2.32. The van der Waals surface area contributed by atoms with Crippen LogP contribution in [0.5, 0.6) is 0 Å². The van der Waals surface area contributed by atoms with Crippen molar-refractivity contribution in [3.8, 4) is 0 Å². The van der Waals surface area contributed by atoms with Gasteiger partial charge in [-0.05, 0) is 54.3 Å². The molecule has 3 fully saturated rings. The van der Waals surface area contributed by atoms with Crippen molar-refractivity contribution in [3.63, 3.8) is 0 Å². The van der Waals surface area contributed by atoms with Gasteiger partial charge in [-0.2, -0.15) is 0 Å². The Morgan fingerprint density at radius 3 is 2.33 bits per heavy atom. The molecular formula is C12H20. The van der Waals surface area contributed by atoms with Crippen LogP contribution in [0.15, 0.2) is 0 Å². The predicted molar refractivity (Wildman–Crippen MR) is 50.8 cm³/mol. The Balaban J connectivity index is 1.99. The molecule has 0 spiro atoms. The highest BCUT2D eigenvalue weighted by Gasteiger charge is 2.65. The molecule has 3 saturated carbocycles. The Kier molecular flexibility index (Phi) is 1.18. The van der Waals surface area contributed by atoms with Crippen molar-refractivity contribution in [2.24, 2.45) is 35.0 Å². The van der Waals surface area contributed by atoms with E-state index in [0.717, 1.165) is 35.0 Å². The van der Waals surface area contributed by atoms with Crippen LogP contribution in [0, 0.1) is 35.0 Å². The lowest BCUT2D eigenvalue weighted by molar-refractivity contribution is 0.154. The van der Waals surface area contributed by atoms with Crippen LogP contribution in [0.2, 0.25) is 0 Å². The maximum Gasteiger partial charge on any atom is -0.0238 e.